The minimum atomic E-state index is -0.0583. The van der Waals surface area contributed by atoms with Crippen molar-refractivity contribution in [3.05, 3.63) is 40.8 Å². The minimum Gasteiger partial charge on any atom is -0.454 e. The van der Waals surface area contributed by atoms with Gasteiger partial charge in [0.2, 0.25) is 6.79 Å². The van der Waals surface area contributed by atoms with E-state index in [1.807, 2.05) is 6.07 Å². The van der Waals surface area contributed by atoms with Gasteiger partial charge in [0.25, 0.3) is 0 Å². The van der Waals surface area contributed by atoms with Gasteiger partial charge in [0.1, 0.15) is 5.76 Å². The summed E-state index contributed by atoms with van der Waals surface area (Å²) >= 11 is 0. The molecule has 9 heteroatoms. The number of ether oxygens (including phenoxy) is 3. The van der Waals surface area contributed by atoms with Crippen molar-refractivity contribution in [1.29, 1.82) is 0 Å². The molecule has 0 bridgehead atoms. The molecule has 1 aromatic heterocycles. The first-order valence-corrected chi connectivity index (χ1v) is 11.1. The van der Waals surface area contributed by atoms with Crippen molar-refractivity contribution < 1.29 is 18.7 Å². The number of fused-ring (bicyclic) bond motifs is 1. The lowest BCUT2D eigenvalue weighted by Crippen LogP contribution is -2.48. The largest absolute Gasteiger partial charge is 0.454 e. The number of benzene rings is 1. The van der Waals surface area contributed by atoms with Crippen molar-refractivity contribution in [3.8, 4) is 11.5 Å². The molecule has 8 nitrogen and oxygen atoms in total. The van der Waals surface area contributed by atoms with E-state index in [9.17, 15) is 0 Å². The fourth-order valence-electron chi connectivity index (χ4n) is 4.34. The van der Waals surface area contributed by atoms with E-state index in [0.717, 1.165) is 79.9 Å². The predicted molar refractivity (Wildman–Crippen MR) is 133 cm³/mol. The second-order valence-electron chi connectivity index (χ2n) is 7.98. The van der Waals surface area contributed by atoms with Crippen LogP contribution in [0.4, 0.5) is 0 Å². The molecular formula is C23H33IN4O4. The van der Waals surface area contributed by atoms with Crippen LogP contribution in [-0.4, -0.2) is 44.7 Å². The lowest BCUT2D eigenvalue weighted by molar-refractivity contribution is 0.0513. The van der Waals surface area contributed by atoms with E-state index in [-0.39, 0.29) is 36.2 Å². The summed E-state index contributed by atoms with van der Waals surface area (Å²) in [5, 5.41) is 11.2. The first-order valence-electron chi connectivity index (χ1n) is 11.1. The van der Waals surface area contributed by atoms with Crippen LogP contribution >= 0.6 is 24.0 Å². The number of aromatic nitrogens is 1. The molecule has 0 spiro atoms. The molecule has 0 amide bonds. The Balaban J connectivity index is 0.00000289. The molecule has 2 N–H and O–H groups in total. The van der Waals surface area contributed by atoms with E-state index in [1.165, 1.54) is 5.56 Å². The first kappa shape index (κ1) is 24.6. The molecule has 2 aliphatic heterocycles. The second kappa shape index (κ2) is 11.2. The van der Waals surface area contributed by atoms with Crippen molar-refractivity contribution in [2.75, 3.05) is 33.6 Å². The van der Waals surface area contributed by atoms with E-state index in [0.29, 0.717) is 6.54 Å². The van der Waals surface area contributed by atoms with Gasteiger partial charge in [-0.05, 0) is 37.0 Å². The zero-order valence-electron chi connectivity index (χ0n) is 19.0. The Morgan fingerprint density at radius 2 is 1.88 bits per heavy atom. The molecule has 3 heterocycles. The highest BCUT2D eigenvalue weighted by molar-refractivity contribution is 14.0. The summed E-state index contributed by atoms with van der Waals surface area (Å²) in [5.41, 5.74) is 3.31. The van der Waals surface area contributed by atoms with Crippen LogP contribution in [0.3, 0.4) is 0 Å². The van der Waals surface area contributed by atoms with Gasteiger partial charge in [-0.2, -0.15) is 0 Å². The summed E-state index contributed by atoms with van der Waals surface area (Å²) in [7, 11) is 1.79. The Kier molecular flexibility index (Phi) is 8.64. The summed E-state index contributed by atoms with van der Waals surface area (Å²) in [6.45, 7) is 7.32. The quantitative estimate of drug-likeness (QED) is 0.306. The number of hydrogen-bond acceptors (Lipinski definition) is 6. The van der Waals surface area contributed by atoms with Crippen molar-refractivity contribution in [1.82, 2.24) is 15.8 Å². The van der Waals surface area contributed by atoms with Gasteiger partial charge >= 0.3 is 0 Å². The summed E-state index contributed by atoms with van der Waals surface area (Å²) < 4.78 is 22.3. The molecule has 1 aromatic carbocycles. The zero-order valence-corrected chi connectivity index (χ0v) is 21.4. The van der Waals surface area contributed by atoms with Crippen molar-refractivity contribution in [2.45, 2.75) is 51.5 Å². The van der Waals surface area contributed by atoms with E-state index in [2.05, 4.69) is 46.8 Å². The molecule has 0 unspecified atom stereocenters. The number of halogens is 1. The van der Waals surface area contributed by atoms with Crippen LogP contribution in [0.25, 0.3) is 0 Å². The zero-order chi connectivity index (χ0) is 21.7. The highest BCUT2D eigenvalue weighted by atomic mass is 127. The first-order chi connectivity index (χ1) is 15.2. The maximum atomic E-state index is 5.67. The van der Waals surface area contributed by atoms with Gasteiger partial charge in [-0.3, -0.25) is 4.99 Å². The van der Waals surface area contributed by atoms with Gasteiger partial charge in [0, 0.05) is 50.8 Å². The molecule has 1 fully saturated rings. The SMILES string of the molecule is CCc1noc(CC)c1CNC(=NC)NCC1(c2ccc3c(c2)OCO3)CCOCC1.I. The fourth-order valence-corrected chi connectivity index (χ4v) is 4.34. The predicted octanol–water partition coefficient (Wildman–Crippen LogP) is 3.56. The van der Waals surface area contributed by atoms with E-state index in [4.69, 9.17) is 18.7 Å². The number of hydrogen-bond donors (Lipinski definition) is 2. The summed E-state index contributed by atoms with van der Waals surface area (Å²) in [5.74, 6) is 3.32. The molecular weight excluding hydrogens is 523 g/mol. The maximum Gasteiger partial charge on any atom is 0.231 e. The molecule has 1 saturated heterocycles. The maximum absolute atomic E-state index is 5.67. The monoisotopic (exact) mass is 556 g/mol. The van der Waals surface area contributed by atoms with Crippen LogP contribution in [-0.2, 0) is 29.5 Å². The lowest BCUT2D eigenvalue weighted by Gasteiger charge is -2.38. The Bertz CT molecular complexity index is 903. The standard InChI is InChI=1S/C23H32N4O4.HI/c1-4-18-17(19(5-2)31-27-18)13-25-22(24-3)26-14-23(8-10-28-11-9-23)16-6-7-20-21(12-16)30-15-29-20;/h6-7,12H,4-5,8-11,13-15H2,1-3H3,(H2,24,25,26);1H. The van der Waals surface area contributed by atoms with Crippen LogP contribution < -0.4 is 20.1 Å². The third-order valence-electron chi connectivity index (χ3n) is 6.29. The van der Waals surface area contributed by atoms with Crippen molar-refractivity contribution in [3.63, 3.8) is 0 Å². The smallest absolute Gasteiger partial charge is 0.231 e. The minimum absolute atomic E-state index is 0. The lowest BCUT2D eigenvalue weighted by atomic mass is 9.74. The average molecular weight is 556 g/mol. The molecule has 2 aromatic rings. The van der Waals surface area contributed by atoms with Crippen LogP contribution in [0.15, 0.2) is 27.7 Å². The number of guanidine groups is 1. The van der Waals surface area contributed by atoms with Crippen LogP contribution in [0.2, 0.25) is 0 Å². The van der Waals surface area contributed by atoms with Crippen molar-refractivity contribution in [2.24, 2.45) is 4.99 Å². The van der Waals surface area contributed by atoms with E-state index < -0.39 is 0 Å². The Morgan fingerprint density at radius 3 is 2.59 bits per heavy atom. The molecule has 0 radical (unpaired) electrons. The molecule has 32 heavy (non-hydrogen) atoms. The van der Waals surface area contributed by atoms with Crippen LogP contribution in [0, 0.1) is 0 Å². The van der Waals surface area contributed by atoms with Gasteiger partial charge < -0.3 is 29.4 Å². The summed E-state index contributed by atoms with van der Waals surface area (Å²) in [4.78, 5) is 4.43. The van der Waals surface area contributed by atoms with Gasteiger partial charge in [0.05, 0.1) is 5.69 Å². The van der Waals surface area contributed by atoms with Gasteiger partial charge in [-0.25, -0.2) is 0 Å². The molecule has 176 valence electrons. The Morgan fingerprint density at radius 1 is 1.09 bits per heavy atom. The third-order valence-corrected chi connectivity index (χ3v) is 6.29. The van der Waals surface area contributed by atoms with Gasteiger partial charge in [-0.1, -0.05) is 25.1 Å². The topological polar surface area (TPSA) is 90.1 Å². The highest BCUT2D eigenvalue weighted by Gasteiger charge is 2.36. The highest BCUT2D eigenvalue weighted by Crippen LogP contribution is 2.40. The second-order valence-corrected chi connectivity index (χ2v) is 7.98. The number of aryl methyl sites for hydroxylation is 2. The number of nitrogens with one attached hydrogen (secondary N) is 2. The number of aliphatic imine (C=N–C) groups is 1. The Hall–Kier alpha value is -2.01. The van der Waals surface area contributed by atoms with E-state index >= 15 is 0 Å². The normalized spacial score (nSPS) is 17.0. The van der Waals surface area contributed by atoms with Gasteiger partial charge in [0.15, 0.2) is 17.5 Å². The van der Waals surface area contributed by atoms with E-state index in [1.54, 1.807) is 7.05 Å². The molecule has 0 atom stereocenters. The molecule has 2 aliphatic rings. The summed E-state index contributed by atoms with van der Waals surface area (Å²) in [6, 6.07) is 6.27. The fraction of sp³-hybridized carbons (Fsp3) is 0.565. The van der Waals surface area contributed by atoms with Crippen LogP contribution in [0.1, 0.15) is 49.3 Å². The van der Waals surface area contributed by atoms with Gasteiger partial charge in [-0.15, -0.1) is 24.0 Å². The van der Waals surface area contributed by atoms with Crippen LogP contribution in [0.5, 0.6) is 11.5 Å². The Labute approximate surface area is 206 Å². The number of nitrogens with zero attached hydrogens (tertiary/aromatic N) is 2. The number of rotatable bonds is 7. The molecule has 0 saturated carbocycles. The average Bonchev–Trinajstić information content (AvgIpc) is 3.45. The molecule has 0 aliphatic carbocycles. The summed E-state index contributed by atoms with van der Waals surface area (Å²) in [6.07, 6.45) is 3.54. The van der Waals surface area contributed by atoms with Crippen molar-refractivity contribution >= 4 is 29.9 Å². The third kappa shape index (κ3) is 5.14. The molecule has 4 rings (SSSR count).